The summed E-state index contributed by atoms with van der Waals surface area (Å²) in [6, 6.07) is 24.1. The van der Waals surface area contributed by atoms with Crippen molar-refractivity contribution in [2.24, 2.45) is 0 Å². The molecule has 0 aliphatic carbocycles. The van der Waals surface area contributed by atoms with E-state index in [1.54, 1.807) is 36.4 Å². The summed E-state index contributed by atoms with van der Waals surface area (Å²) in [5.74, 6) is 0.181. The lowest BCUT2D eigenvalue weighted by Crippen LogP contribution is -2.31. The summed E-state index contributed by atoms with van der Waals surface area (Å²) < 4.78 is 11.3. The first kappa shape index (κ1) is 20.6. The highest BCUT2D eigenvalue weighted by molar-refractivity contribution is 5.96. The Hall–Kier alpha value is -3.64. The summed E-state index contributed by atoms with van der Waals surface area (Å²) >= 11 is 0. The monoisotopic (exact) mass is 416 g/mol. The predicted octanol–water partition coefficient (Wildman–Crippen LogP) is 3.75. The Morgan fingerprint density at radius 1 is 0.935 bits per heavy atom. The van der Waals surface area contributed by atoms with E-state index in [9.17, 15) is 9.59 Å². The number of nitrogens with one attached hydrogen (secondary N) is 2. The second-order valence-corrected chi connectivity index (χ2v) is 7.25. The molecule has 3 aromatic carbocycles. The number of amides is 2. The molecule has 1 atom stereocenters. The fraction of sp³-hybridized carbons (Fsp3) is 0.200. The summed E-state index contributed by atoms with van der Waals surface area (Å²) in [6.45, 7) is 0.972. The van der Waals surface area contributed by atoms with Crippen molar-refractivity contribution in [2.45, 2.75) is 12.5 Å². The second-order valence-electron chi connectivity index (χ2n) is 7.25. The van der Waals surface area contributed by atoms with Gasteiger partial charge in [0, 0.05) is 17.8 Å². The number of hydrogen-bond donors (Lipinski definition) is 2. The molecule has 1 aliphatic rings. The van der Waals surface area contributed by atoms with Crippen molar-refractivity contribution >= 4 is 17.5 Å². The zero-order valence-electron chi connectivity index (χ0n) is 17.0. The van der Waals surface area contributed by atoms with Gasteiger partial charge in [0.1, 0.15) is 11.9 Å². The van der Waals surface area contributed by atoms with Crippen LogP contribution in [-0.2, 0) is 16.0 Å². The van der Waals surface area contributed by atoms with Crippen molar-refractivity contribution in [1.29, 1.82) is 0 Å². The summed E-state index contributed by atoms with van der Waals surface area (Å²) in [5.41, 5.74) is 3.51. The number of hydrogen-bond acceptors (Lipinski definition) is 4. The Bertz CT molecular complexity index is 1030. The van der Waals surface area contributed by atoms with Crippen LogP contribution in [0.5, 0.6) is 5.75 Å². The number of anilines is 1. The molecule has 0 unspecified atom stereocenters. The normalized spacial score (nSPS) is 14.9. The Morgan fingerprint density at radius 2 is 1.68 bits per heavy atom. The molecule has 0 saturated heterocycles. The van der Waals surface area contributed by atoms with Gasteiger partial charge in [-0.3, -0.25) is 9.59 Å². The van der Waals surface area contributed by atoms with E-state index in [0.717, 1.165) is 12.0 Å². The third-order valence-corrected chi connectivity index (χ3v) is 5.08. The van der Waals surface area contributed by atoms with Crippen LogP contribution in [0, 0.1) is 0 Å². The van der Waals surface area contributed by atoms with Gasteiger partial charge in [-0.2, -0.15) is 0 Å². The number of carbonyl (C=O) groups is 2. The molecule has 0 saturated carbocycles. The third-order valence-electron chi connectivity index (χ3n) is 5.08. The van der Waals surface area contributed by atoms with Gasteiger partial charge >= 0.3 is 0 Å². The fourth-order valence-electron chi connectivity index (χ4n) is 3.50. The second kappa shape index (κ2) is 9.91. The van der Waals surface area contributed by atoms with Gasteiger partial charge in [-0.15, -0.1) is 0 Å². The summed E-state index contributed by atoms with van der Waals surface area (Å²) in [6.07, 6.45) is 0.751. The first-order valence-electron chi connectivity index (χ1n) is 10.2. The largest absolute Gasteiger partial charge is 0.484 e. The highest BCUT2D eigenvalue weighted by atomic mass is 16.5. The van der Waals surface area contributed by atoms with Gasteiger partial charge in [-0.25, -0.2) is 0 Å². The molecule has 6 heteroatoms. The molecule has 2 N–H and O–H groups in total. The first-order valence-corrected chi connectivity index (χ1v) is 10.2. The van der Waals surface area contributed by atoms with Crippen LogP contribution >= 0.6 is 0 Å². The quantitative estimate of drug-likeness (QED) is 0.615. The average Bonchev–Trinajstić information content (AvgIpc) is 2.82. The summed E-state index contributed by atoms with van der Waals surface area (Å²) in [7, 11) is 0. The Balaban J connectivity index is 1.27. The van der Waals surface area contributed by atoms with Crippen LogP contribution < -0.4 is 15.4 Å². The minimum absolute atomic E-state index is 0.0882. The van der Waals surface area contributed by atoms with Crippen molar-refractivity contribution in [3.05, 3.63) is 95.6 Å². The molecule has 0 spiro atoms. The summed E-state index contributed by atoms with van der Waals surface area (Å²) in [4.78, 5) is 24.6. The lowest BCUT2D eigenvalue weighted by atomic mass is 9.97. The van der Waals surface area contributed by atoms with Gasteiger partial charge in [0.05, 0.1) is 6.61 Å². The van der Waals surface area contributed by atoms with Crippen LogP contribution in [0.4, 0.5) is 5.69 Å². The SMILES string of the molecule is O=C(COc1ccccc1)Nc1ccc(C(=O)NC[C@H]2OCCc3ccccc32)cc1. The first-order chi connectivity index (χ1) is 15.2. The van der Waals surface area contributed by atoms with E-state index in [0.29, 0.717) is 30.2 Å². The van der Waals surface area contributed by atoms with Crippen molar-refractivity contribution in [2.75, 3.05) is 25.1 Å². The molecule has 4 rings (SSSR count). The van der Waals surface area contributed by atoms with Gasteiger partial charge in [-0.05, 0) is 53.9 Å². The van der Waals surface area contributed by atoms with E-state index in [1.807, 2.05) is 36.4 Å². The lowest BCUT2D eigenvalue weighted by molar-refractivity contribution is -0.118. The molecule has 1 aliphatic heterocycles. The number of benzene rings is 3. The van der Waals surface area contributed by atoms with Crippen molar-refractivity contribution < 1.29 is 19.1 Å². The lowest BCUT2D eigenvalue weighted by Gasteiger charge is -2.26. The maximum Gasteiger partial charge on any atom is 0.262 e. The van der Waals surface area contributed by atoms with Crippen molar-refractivity contribution in [1.82, 2.24) is 5.32 Å². The molecule has 31 heavy (non-hydrogen) atoms. The highest BCUT2D eigenvalue weighted by Crippen LogP contribution is 2.26. The number of carbonyl (C=O) groups excluding carboxylic acids is 2. The third kappa shape index (κ3) is 5.49. The Morgan fingerprint density at radius 3 is 2.48 bits per heavy atom. The van der Waals surface area contributed by atoms with Crippen LogP contribution in [0.3, 0.4) is 0 Å². The van der Waals surface area contributed by atoms with Gasteiger partial charge in [-0.1, -0.05) is 42.5 Å². The van der Waals surface area contributed by atoms with E-state index in [2.05, 4.69) is 16.7 Å². The number of rotatable bonds is 7. The van der Waals surface area contributed by atoms with E-state index in [1.165, 1.54) is 5.56 Å². The van der Waals surface area contributed by atoms with E-state index in [4.69, 9.17) is 9.47 Å². The zero-order valence-corrected chi connectivity index (χ0v) is 17.0. The molecule has 1 heterocycles. The molecule has 0 fully saturated rings. The predicted molar refractivity (Wildman–Crippen MR) is 118 cm³/mol. The van der Waals surface area contributed by atoms with E-state index >= 15 is 0 Å². The Labute approximate surface area is 181 Å². The number of ether oxygens (including phenoxy) is 2. The maximum atomic E-state index is 12.5. The molecule has 0 radical (unpaired) electrons. The van der Waals surface area contributed by atoms with E-state index in [-0.39, 0.29) is 24.5 Å². The number of fused-ring (bicyclic) bond motifs is 1. The molecule has 3 aromatic rings. The maximum absolute atomic E-state index is 12.5. The van der Waals surface area contributed by atoms with E-state index < -0.39 is 0 Å². The molecule has 158 valence electrons. The molecular weight excluding hydrogens is 392 g/mol. The molecular formula is C25H24N2O4. The smallest absolute Gasteiger partial charge is 0.262 e. The van der Waals surface area contributed by atoms with Gasteiger partial charge in [0.25, 0.3) is 11.8 Å². The van der Waals surface area contributed by atoms with Crippen LogP contribution in [-0.4, -0.2) is 31.6 Å². The van der Waals surface area contributed by atoms with Gasteiger partial charge in [0.2, 0.25) is 0 Å². The van der Waals surface area contributed by atoms with Gasteiger partial charge < -0.3 is 20.1 Å². The highest BCUT2D eigenvalue weighted by Gasteiger charge is 2.21. The average molecular weight is 416 g/mol. The fourth-order valence-corrected chi connectivity index (χ4v) is 3.50. The zero-order chi connectivity index (χ0) is 21.5. The molecule has 0 aromatic heterocycles. The molecule has 0 bridgehead atoms. The molecule has 2 amide bonds. The van der Waals surface area contributed by atoms with Crippen LogP contribution in [0.1, 0.15) is 27.6 Å². The van der Waals surface area contributed by atoms with Crippen molar-refractivity contribution in [3.8, 4) is 5.75 Å². The van der Waals surface area contributed by atoms with Crippen molar-refractivity contribution in [3.63, 3.8) is 0 Å². The van der Waals surface area contributed by atoms with Crippen LogP contribution in [0.15, 0.2) is 78.9 Å². The standard InChI is InChI=1S/C25H24N2O4/c28-24(17-31-21-7-2-1-3-8-21)27-20-12-10-19(11-13-20)25(29)26-16-23-22-9-5-4-6-18(22)14-15-30-23/h1-13,23H,14-17H2,(H,26,29)(H,27,28)/t23-/m1/s1. The molecule has 6 nitrogen and oxygen atoms in total. The Kier molecular flexibility index (Phi) is 6.59. The van der Waals surface area contributed by atoms with Gasteiger partial charge in [0.15, 0.2) is 6.61 Å². The minimum atomic E-state index is -0.269. The number of para-hydroxylation sites is 1. The minimum Gasteiger partial charge on any atom is -0.484 e. The van der Waals surface area contributed by atoms with Crippen LogP contribution in [0.25, 0.3) is 0 Å². The summed E-state index contributed by atoms with van der Waals surface area (Å²) in [5, 5.41) is 5.69. The van der Waals surface area contributed by atoms with Crippen LogP contribution in [0.2, 0.25) is 0 Å². The topological polar surface area (TPSA) is 76.7 Å².